The van der Waals surface area contributed by atoms with Gasteiger partial charge in [-0.05, 0) is 31.7 Å². The predicted octanol–water partition coefficient (Wildman–Crippen LogP) is 0.280. The van der Waals surface area contributed by atoms with Crippen LogP contribution in [-0.4, -0.2) is 37.4 Å². The summed E-state index contributed by atoms with van der Waals surface area (Å²) in [5, 5.41) is 13.4. The Bertz CT molecular complexity index is 303. The zero-order valence-corrected chi connectivity index (χ0v) is 11.6. The molecule has 3 unspecified atom stereocenters. The molecular weight excluding hydrogens is 240 g/mol. The Morgan fingerprint density at radius 3 is 2.63 bits per heavy atom. The summed E-state index contributed by atoms with van der Waals surface area (Å²) in [5.41, 5.74) is 0. The number of piperidine rings is 1. The largest absolute Gasteiger partial charge is 0.328 e. The maximum Gasteiger partial charge on any atom is 0.222 e. The molecule has 0 aromatic rings. The third kappa shape index (κ3) is 3.46. The van der Waals surface area contributed by atoms with Crippen molar-refractivity contribution in [1.82, 2.24) is 21.3 Å². The van der Waals surface area contributed by atoms with Gasteiger partial charge in [-0.2, -0.15) is 0 Å². The van der Waals surface area contributed by atoms with Crippen LogP contribution in [0.25, 0.3) is 0 Å². The summed E-state index contributed by atoms with van der Waals surface area (Å²) >= 11 is 0. The van der Waals surface area contributed by atoms with E-state index in [4.69, 9.17) is 0 Å². The number of rotatable bonds is 3. The highest BCUT2D eigenvalue weighted by Gasteiger charge is 2.35. The fourth-order valence-electron chi connectivity index (χ4n) is 3.67. The molecular formula is C14H26N4O. The summed E-state index contributed by atoms with van der Waals surface area (Å²) in [6.07, 6.45) is 8.20. The van der Waals surface area contributed by atoms with Gasteiger partial charge in [-0.25, -0.2) is 0 Å². The summed E-state index contributed by atoms with van der Waals surface area (Å²) in [4.78, 5) is 12.1. The summed E-state index contributed by atoms with van der Waals surface area (Å²) in [5.74, 6) is 0.808. The van der Waals surface area contributed by atoms with Crippen molar-refractivity contribution in [3.63, 3.8) is 0 Å². The third-order valence-corrected chi connectivity index (χ3v) is 4.75. The molecule has 3 rings (SSSR count). The van der Waals surface area contributed by atoms with Gasteiger partial charge in [0.2, 0.25) is 5.91 Å². The minimum Gasteiger partial charge on any atom is -0.328 e. The quantitative estimate of drug-likeness (QED) is 0.592. The maximum absolute atomic E-state index is 12.1. The molecule has 19 heavy (non-hydrogen) atoms. The van der Waals surface area contributed by atoms with E-state index >= 15 is 0 Å². The number of fused-ring (bicyclic) bond motifs is 1. The maximum atomic E-state index is 12.1. The van der Waals surface area contributed by atoms with E-state index in [-0.39, 0.29) is 12.2 Å². The first-order valence-electron chi connectivity index (χ1n) is 7.83. The van der Waals surface area contributed by atoms with Crippen LogP contribution in [-0.2, 0) is 4.79 Å². The molecule has 1 amide bonds. The number of carbonyl (C=O) groups is 1. The van der Waals surface area contributed by atoms with Gasteiger partial charge < -0.3 is 10.6 Å². The van der Waals surface area contributed by atoms with E-state index in [1.807, 2.05) is 0 Å². The Morgan fingerprint density at radius 1 is 1.05 bits per heavy atom. The molecule has 5 nitrogen and oxygen atoms in total. The van der Waals surface area contributed by atoms with E-state index < -0.39 is 0 Å². The second-order valence-corrected chi connectivity index (χ2v) is 6.25. The van der Waals surface area contributed by atoms with Gasteiger partial charge in [-0.3, -0.25) is 15.4 Å². The van der Waals surface area contributed by atoms with E-state index in [1.165, 1.54) is 32.1 Å². The van der Waals surface area contributed by atoms with Gasteiger partial charge in [0.15, 0.2) is 0 Å². The predicted molar refractivity (Wildman–Crippen MR) is 74.5 cm³/mol. The standard InChI is InChI=1S/C14H26N4O/c19-13(8-10-4-2-1-3-5-10)18-14-16-11-6-7-15-9-12(11)17-14/h10-12,14-17H,1-9H2,(H,18,19). The molecule has 2 saturated heterocycles. The Labute approximate surface area is 115 Å². The van der Waals surface area contributed by atoms with E-state index in [0.717, 1.165) is 19.5 Å². The van der Waals surface area contributed by atoms with Crippen molar-refractivity contribution in [2.75, 3.05) is 13.1 Å². The molecule has 5 heteroatoms. The summed E-state index contributed by atoms with van der Waals surface area (Å²) in [6, 6.07) is 0.954. The summed E-state index contributed by atoms with van der Waals surface area (Å²) in [6.45, 7) is 2.06. The van der Waals surface area contributed by atoms with Gasteiger partial charge in [0.1, 0.15) is 6.29 Å². The number of hydrogen-bond donors (Lipinski definition) is 4. The molecule has 0 aromatic carbocycles. The minimum absolute atomic E-state index is 0.0361. The molecule has 2 heterocycles. The van der Waals surface area contributed by atoms with Gasteiger partial charge >= 0.3 is 0 Å². The lowest BCUT2D eigenvalue weighted by Gasteiger charge is -2.24. The topological polar surface area (TPSA) is 65.2 Å². The van der Waals surface area contributed by atoms with E-state index in [0.29, 0.717) is 24.4 Å². The molecule has 0 radical (unpaired) electrons. The van der Waals surface area contributed by atoms with E-state index in [1.54, 1.807) is 0 Å². The average Bonchev–Trinajstić information content (AvgIpc) is 2.81. The Kier molecular flexibility index (Phi) is 4.35. The van der Waals surface area contributed by atoms with Crippen molar-refractivity contribution in [2.24, 2.45) is 5.92 Å². The number of amides is 1. The average molecular weight is 266 g/mol. The van der Waals surface area contributed by atoms with Crippen LogP contribution in [0.15, 0.2) is 0 Å². The van der Waals surface area contributed by atoms with Gasteiger partial charge in [0.25, 0.3) is 0 Å². The highest BCUT2D eigenvalue weighted by Crippen LogP contribution is 2.26. The van der Waals surface area contributed by atoms with Crippen LogP contribution < -0.4 is 21.3 Å². The fraction of sp³-hybridized carbons (Fsp3) is 0.929. The molecule has 3 aliphatic rings. The zero-order chi connectivity index (χ0) is 13.1. The Hall–Kier alpha value is -0.650. The highest BCUT2D eigenvalue weighted by atomic mass is 16.1. The van der Waals surface area contributed by atoms with Crippen molar-refractivity contribution < 1.29 is 4.79 Å². The number of hydrogen-bond acceptors (Lipinski definition) is 4. The lowest BCUT2D eigenvalue weighted by Crippen LogP contribution is -2.50. The molecule has 108 valence electrons. The first-order valence-corrected chi connectivity index (χ1v) is 7.83. The van der Waals surface area contributed by atoms with E-state index in [9.17, 15) is 4.79 Å². The Morgan fingerprint density at radius 2 is 1.84 bits per heavy atom. The molecule has 1 aliphatic carbocycles. The van der Waals surface area contributed by atoms with Gasteiger partial charge in [0.05, 0.1) is 0 Å². The van der Waals surface area contributed by atoms with Crippen LogP contribution in [0.1, 0.15) is 44.9 Å². The SMILES string of the molecule is O=C(CC1CCCCC1)NC1NC2CCNCC2N1. The van der Waals surface area contributed by atoms with Crippen LogP contribution >= 0.6 is 0 Å². The van der Waals surface area contributed by atoms with Crippen molar-refractivity contribution in [1.29, 1.82) is 0 Å². The highest BCUT2D eigenvalue weighted by molar-refractivity contribution is 5.76. The first kappa shape index (κ1) is 13.3. The molecule has 0 bridgehead atoms. The van der Waals surface area contributed by atoms with E-state index in [2.05, 4.69) is 21.3 Å². The molecule has 4 N–H and O–H groups in total. The second kappa shape index (κ2) is 6.20. The molecule has 0 spiro atoms. The Balaban J connectivity index is 1.42. The lowest BCUT2D eigenvalue weighted by molar-refractivity contribution is -0.123. The molecule has 3 fully saturated rings. The zero-order valence-electron chi connectivity index (χ0n) is 11.6. The third-order valence-electron chi connectivity index (χ3n) is 4.75. The van der Waals surface area contributed by atoms with Gasteiger partial charge in [-0.15, -0.1) is 0 Å². The van der Waals surface area contributed by atoms with Crippen LogP contribution in [0.4, 0.5) is 0 Å². The summed E-state index contributed by atoms with van der Waals surface area (Å²) < 4.78 is 0. The van der Waals surface area contributed by atoms with Gasteiger partial charge in [-0.1, -0.05) is 19.3 Å². The first-order chi connectivity index (χ1) is 9.31. The van der Waals surface area contributed by atoms with Crippen LogP contribution in [0.5, 0.6) is 0 Å². The number of nitrogens with one attached hydrogen (secondary N) is 4. The molecule has 2 aliphatic heterocycles. The van der Waals surface area contributed by atoms with Crippen LogP contribution in [0.2, 0.25) is 0 Å². The van der Waals surface area contributed by atoms with Gasteiger partial charge in [0, 0.05) is 25.0 Å². The fourth-order valence-corrected chi connectivity index (χ4v) is 3.67. The van der Waals surface area contributed by atoms with Crippen molar-refractivity contribution in [3.8, 4) is 0 Å². The van der Waals surface area contributed by atoms with Crippen LogP contribution in [0, 0.1) is 5.92 Å². The van der Waals surface area contributed by atoms with Crippen LogP contribution in [0.3, 0.4) is 0 Å². The van der Waals surface area contributed by atoms with Crippen molar-refractivity contribution in [3.05, 3.63) is 0 Å². The smallest absolute Gasteiger partial charge is 0.222 e. The second-order valence-electron chi connectivity index (χ2n) is 6.25. The molecule has 3 atom stereocenters. The van der Waals surface area contributed by atoms with Crippen molar-refractivity contribution >= 4 is 5.91 Å². The molecule has 0 aromatic heterocycles. The normalized spacial score (nSPS) is 35.9. The van der Waals surface area contributed by atoms with Crippen molar-refractivity contribution in [2.45, 2.75) is 63.3 Å². The number of carbonyl (C=O) groups excluding carboxylic acids is 1. The summed E-state index contributed by atoms with van der Waals surface area (Å²) in [7, 11) is 0. The minimum atomic E-state index is -0.0361. The lowest BCUT2D eigenvalue weighted by atomic mass is 9.87. The molecule has 1 saturated carbocycles. The monoisotopic (exact) mass is 266 g/mol.